The number of nitrogens with zero attached hydrogens (tertiary/aromatic N) is 1. The Bertz CT molecular complexity index is 1670. The number of hydrogen-bond acceptors (Lipinski definition) is 7. The van der Waals surface area contributed by atoms with Gasteiger partial charge in [0.1, 0.15) is 0 Å². The highest BCUT2D eigenvalue weighted by atomic mass is 32.2. The molecule has 0 saturated heterocycles. The number of nitrogens with one attached hydrogen (secondary N) is 1. The standard InChI is InChI=1S/C27H28N2O5S3/c1-17(30)14-18-12-13-28-23(15-18)21-8-5-6-19-16-24(35-27(19)21)26(29-37(33,34)20-10-11-20)22-7-3-4-9-25(22)36(2,31)32/h3-9,12-13,15-17,20,26,29-30H,10-11,14H2,1-2H3. The van der Waals surface area contributed by atoms with E-state index in [1.807, 2.05) is 36.4 Å². The lowest BCUT2D eigenvalue weighted by molar-refractivity contribution is 0.195. The molecule has 2 aromatic carbocycles. The van der Waals surface area contributed by atoms with E-state index in [-0.39, 0.29) is 4.90 Å². The van der Waals surface area contributed by atoms with Crippen LogP contribution in [0.5, 0.6) is 0 Å². The minimum atomic E-state index is -3.64. The second-order valence-corrected chi connectivity index (χ2v) is 14.6. The molecule has 0 spiro atoms. The monoisotopic (exact) mass is 556 g/mol. The van der Waals surface area contributed by atoms with Crippen LogP contribution in [0.25, 0.3) is 21.3 Å². The number of sulfonamides is 1. The third-order valence-electron chi connectivity index (χ3n) is 6.35. The van der Waals surface area contributed by atoms with E-state index in [1.54, 1.807) is 31.3 Å². The van der Waals surface area contributed by atoms with Crippen molar-refractivity contribution in [2.45, 2.75) is 48.5 Å². The van der Waals surface area contributed by atoms with Gasteiger partial charge in [0.05, 0.1) is 28.0 Å². The predicted octanol–water partition coefficient (Wildman–Crippen LogP) is 4.46. The minimum absolute atomic E-state index is 0.101. The summed E-state index contributed by atoms with van der Waals surface area (Å²) in [4.78, 5) is 5.35. The topological polar surface area (TPSA) is 113 Å². The van der Waals surface area contributed by atoms with Crippen molar-refractivity contribution >= 4 is 41.3 Å². The molecule has 7 nitrogen and oxygen atoms in total. The molecular weight excluding hydrogens is 529 g/mol. The molecule has 2 atom stereocenters. The lowest BCUT2D eigenvalue weighted by Gasteiger charge is -2.20. The summed E-state index contributed by atoms with van der Waals surface area (Å²) >= 11 is 1.42. The van der Waals surface area contributed by atoms with Gasteiger partial charge in [0.25, 0.3) is 0 Å². The van der Waals surface area contributed by atoms with Crippen molar-refractivity contribution in [2.24, 2.45) is 0 Å². The first-order chi connectivity index (χ1) is 17.5. The number of rotatable bonds is 9. The Kier molecular flexibility index (Phi) is 6.97. The first-order valence-electron chi connectivity index (χ1n) is 12.0. The Labute approximate surface area is 221 Å². The number of fused-ring (bicyclic) bond motifs is 1. The highest BCUT2D eigenvalue weighted by Gasteiger charge is 2.38. The van der Waals surface area contributed by atoms with Crippen LogP contribution in [0.15, 0.2) is 71.8 Å². The average Bonchev–Trinajstić information content (AvgIpc) is 3.61. The van der Waals surface area contributed by atoms with Gasteiger partial charge in [0, 0.05) is 27.6 Å². The van der Waals surface area contributed by atoms with Gasteiger partial charge >= 0.3 is 0 Å². The van der Waals surface area contributed by atoms with E-state index in [0.29, 0.717) is 29.7 Å². The molecule has 4 aromatic rings. The third kappa shape index (κ3) is 5.63. The van der Waals surface area contributed by atoms with Gasteiger partial charge in [-0.3, -0.25) is 4.98 Å². The van der Waals surface area contributed by atoms with Crippen molar-refractivity contribution in [3.8, 4) is 11.3 Å². The number of sulfone groups is 1. The van der Waals surface area contributed by atoms with Gasteiger partial charge < -0.3 is 5.11 Å². The Morgan fingerprint density at radius 1 is 1.05 bits per heavy atom. The number of aliphatic hydroxyl groups excluding tert-OH is 1. The van der Waals surface area contributed by atoms with Crippen LogP contribution in [0, 0.1) is 0 Å². The fourth-order valence-corrected chi connectivity index (χ4v) is 8.29. The smallest absolute Gasteiger partial charge is 0.215 e. The fraction of sp³-hybridized carbons (Fsp3) is 0.296. The molecule has 2 unspecified atom stereocenters. The molecule has 0 radical (unpaired) electrons. The van der Waals surface area contributed by atoms with Gasteiger partial charge in [-0.1, -0.05) is 36.4 Å². The summed E-state index contributed by atoms with van der Waals surface area (Å²) in [6.07, 6.45) is 4.08. The molecule has 2 aromatic heterocycles. The zero-order valence-electron chi connectivity index (χ0n) is 20.5. The lowest BCUT2D eigenvalue weighted by Crippen LogP contribution is -2.32. The molecule has 0 bridgehead atoms. The number of aromatic nitrogens is 1. The van der Waals surface area contributed by atoms with Crippen molar-refractivity contribution in [2.75, 3.05) is 6.26 Å². The maximum Gasteiger partial charge on any atom is 0.215 e. The second kappa shape index (κ2) is 9.92. The number of pyridine rings is 1. The Hall–Kier alpha value is -2.63. The molecule has 2 heterocycles. The quantitative estimate of drug-likeness (QED) is 0.315. The lowest BCUT2D eigenvalue weighted by atomic mass is 10.0. The summed E-state index contributed by atoms with van der Waals surface area (Å²) < 4.78 is 55.1. The van der Waals surface area contributed by atoms with E-state index in [9.17, 15) is 21.9 Å². The number of thiophene rings is 1. The molecule has 1 aliphatic rings. The van der Waals surface area contributed by atoms with Crippen LogP contribution in [0.2, 0.25) is 0 Å². The van der Waals surface area contributed by atoms with Gasteiger partial charge in [-0.2, -0.15) is 0 Å². The summed E-state index contributed by atoms with van der Waals surface area (Å²) in [5.74, 6) is 0. The Morgan fingerprint density at radius 3 is 2.51 bits per heavy atom. The van der Waals surface area contributed by atoms with E-state index in [4.69, 9.17) is 0 Å². The minimum Gasteiger partial charge on any atom is -0.393 e. The highest BCUT2D eigenvalue weighted by Crippen LogP contribution is 2.41. The molecular formula is C27H28N2O5S3. The van der Waals surface area contributed by atoms with Crippen LogP contribution in [0.3, 0.4) is 0 Å². The van der Waals surface area contributed by atoms with E-state index >= 15 is 0 Å². The normalized spacial score (nSPS) is 16.1. The number of aliphatic hydroxyl groups is 1. The largest absolute Gasteiger partial charge is 0.393 e. The first kappa shape index (κ1) is 26.0. The fourth-order valence-electron chi connectivity index (χ4n) is 4.49. The highest BCUT2D eigenvalue weighted by molar-refractivity contribution is 7.91. The predicted molar refractivity (Wildman–Crippen MR) is 147 cm³/mol. The van der Waals surface area contributed by atoms with E-state index < -0.39 is 37.3 Å². The second-order valence-electron chi connectivity index (χ2n) is 9.58. The number of benzene rings is 2. The summed E-state index contributed by atoms with van der Waals surface area (Å²) in [5, 5.41) is 10.3. The molecule has 1 saturated carbocycles. The molecule has 0 aliphatic heterocycles. The molecule has 1 aliphatic carbocycles. The summed E-state index contributed by atoms with van der Waals surface area (Å²) in [5.41, 5.74) is 3.01. The van der Waals surface area contributed by atoms with Gasteiger partial charge in [0.2, 0.25) is 10.0 Å². The van der Waals surface area contributed by atoms with E-state index in [0.717, 1.165) is 33.2 Å². The van der Waals surface area contributed by atoms with Crippen LogP contribution in [-0.2, 0) is 26.3 Å². The van der Waals surface area contributed by atoms with Crippen LogP contribution < -0.4 is 4.72 Å². The maximum atomic E-state index is 13.1. The Morgan fingerprint density at radius 2 is 1.81 bits per heavy atom. The van der Waals surface area contributed by atoms with Gasteiger partial charge in [-0.05, 0) is 67.0 Å². The maximum absolute atomic E-state index is 13.1. The van der Waals surface area contributed by atoms with Gasteiger partial charge in [0.15, 0.2) is 9.84 Å². The molecule has 194 valence electrons. The third-order valence-corrected chi connectivity index (χ3v) is 10.7. The van der Waals surface area contributed by atoms with Crippen molar-refractivity contribution < 1.29 is 21.9 Å². The molecule has 1 fully saturated rings. The van der Waals surface area contributed by atoms with Crippen LogP contribution >= 0.6 is 11.3 Å². The summed E-state index contributed by atoms with van der Waals surface area (Å²) in [6, 6.07) is 17.3. The molecule has 10 heteroatoms. The Balaban J connectivity index is 1.66. The molecule has 2 N–H and O–H groups in total. The van der Waals surface area contributed by atoms with Crippen LogP contribution in [-0.4, -0.2) is 44.5 Å². The zero-order valence-corrected chi connectivity index (χ0v) is 22.9. The van der Waals surface area contributed by atoms with E-state index in [2.05, 4.69) is 9.71 Å². The van der Waals surface area contributed by atoms with Crippen molar-refractivity contribution in [1.82, 2.24) is 9.71 Å². The van der Waals surface area contributed by atoms with Crippen LogP contribution in [0.1, 0.15) is 41.8 Å². The molecule has 0 amide bonds. The zero-order chi connectivity index (χ0) is 26.4. The van der Waals surface area contributed by atoms with Gasteiger partial charge in [-0.15, -0.1) is 11.3 Å². The molecule has 37 heavy (non-hydrogen) atoms. The van der Waals surface area contributed by atoms with Gasteiger partial charge in [-0.25, -0.2) is 21.6 Å². The van der Waals surface area contributed by atoms with Crippen LogP contribution in [0.4, 0.5) is 0 Å². The number of hydrogen-bond donors (Lipinski definition) is 2. The van der Waals surface area contributed by atoms with Crippen molar-refractivity contribution in [3.63, 3.8) is 0 Å². The van der Waals surface area contributed by atoms with Crippen molar-refractivity contribution in [3.05, 3.63) is 82.9 Å². The first-order valence-corrected chi connectivity index (χ1v) is 16.2. The van der Waals surface area contributed by atoms with E-state index in [1.165, 1.54) is 17.4 Å². The summed E-state index contributed by atoms with van der Waals surface area (Å²) in [6.45, 7) is 1.74. The molecule has 5 rings (SSSR count). The average molecular weight is 557 g/mol. The van der Waals surface area contributed by atoms with Crippen molar-refractivity contribution in [1.29, 1.82) is 0 Å². The summed E-state index contributed by atoms with van der Waals surface area (Å²) in [7, 11) is -7.24. The SMILES string of the molecule is CC(O)Cc1ccnc(-c2cccc3cc(C(NS(=O)(=O)C4CC4)c4ccccc4S(C)(=O)=O)sc23)c1.